The van der Waals surface area contributed by atoms with E-state index in [1.54, 1.807) is 0 Å². The number of nitrogens with zero attached hydrogens (tertiary/aromatic N) is 5. The van der Waals surface area contributed by atoms with E-state index >= 15 is 0 Å². The molecule has 0 aliphatic rings. The third-order valence-corrected chi connectivity index (χ3v) is 9.63. The number of hydrogen-bond acceptors (Lipinski definition) is 2. The van der Waals surface area contributed by atoms with Gasteiger partial charge in [-0.15, -0.1) is 0 Å². The van der Waals surface area contributed by atoms with Crippen LogP contribution >= 0.6 is 0 Å². The number of rotatable bonds is 4. The number of benzene rings is 7. The monoisotopic (exact) mass is 635 g/mol. The van der Waals surface area contributed by atoms with E-state index in [4.69, 9.17) is 6.57 Å². The van der Waals surface area contributed by atoms with Crippen LogP contribution in [0.15, 0.2) is 152 Å². The Bertz CT molecular complexity index is 2970. The molecule has 0 aliphatic carbocycles. The van der Waals surface area contributed by atoms with E-state index in [0.29, 0.717) is 16.8 Å². The van der Waals surface area contributed by atoms with Crippen LogP contribution in [0.4, 0.5) is 5.69 Å². The molecule has 0 unspecified atom stereocenters. The van der Waals surface area contributed by atoms with Crippen molar-refractivity contribution in [1.82, 2.24) is 9.13 Å². The van der Waals surface area contributed by atoms with Crippen molar-refractivity contribution in [2.45, 2.75) is 0 Å². The van der Waals surface area contributed by atoms with Gasteiger partial charge in [-0.1, -0.05) is 97.1 Å². The molecule has 230 valence electrons. The van der Waals surface area contributed by atoms with E-state index in [9.17, 15) is 10.5 Å². The van der Waals surface area contributed by atoms with Crippen LogP contribution in [0.3, 0.4) is 0 Å². The van der Waals surface area contributed by atoms with Crippen molar-refractivity contribution < 1.29 is 0 Å². The second kappa shape index (κ2) is 11.4. The molecule has 50 heavy (non-hydrogen) atoms. The summed E-state index contributed by atoms with van der Waals surface area (Å²) in [4.78, 5) is 3.70. The Morgan fingerprint density at radius 3 is 1.64 bits per heavy atom. The zero-order valence-corrected chi connectivity index (χ0v) is 26.7. The van der Waals surface area contributed by atoms with Gasteiger partial charge < -0.3 is 9.13 Å². The molecule has 0 radical (unpaired) electrons. The minimum atomic E-state index is 0.563. The molecular formula is C45H25N5. The maximum absolute atomic E-state index is 10.9. The standard InChI is InChI=1S/C45H25N5/c1-48-30-22-24-45-38(26-30)36-15-6-9-19-42(36)49(45)40-17-7-4-13-34(40)32-12-3-2-11-31(32)33-16-10-20-43(39(33)28-47)50-41-18-8-5-14-35(41)37-25-29(27-46)21-23-44(37)50/h2-26H. The molecule has 9 aromatic rings. The third-order valence-electron chi connectivity index (χ3n) is 9.63. The first-order valence-electron chi connectivity index (χ1n) is 16.3. The molecule has 5 heteroatoms. The molecule has 0 saturated heterocycles. The first-order valence-corrected chi connectivity index (χ1v) is 16.3. The largest absolute Gasteiger partial charge is 0.309 e. The van der Waals surface area contributed by atoms with Gasteiger partial charge in [0.25, 0.3) is 0 Å². The molecule has 0 bridgehead atoms. The van der Waals surface area contributed by atoms with Gasteiger partial charge in [0, 0.05) is 27.3 Å². The van der Waals surface area contributed by atoms with E-state index in [0.717, 1.165) is 77.2 Å². The highest BCUT2D eigenvalue weighted by atomic mass is 15.0. The summed E-state index contributed by atoms with van der Waals surface area (Å²) in [6.45, 7) is 7.62. The summed E-state index contributed by atoms with van der Waals surface area (Å²) in [7, 11) is 0. The lowest BCUT2D eigenvalue weighted by atomic mass is 9.90. The number of fused-ring (bicyclic) bond motifs is 6. The Hall–Kier alpha value is -7.39. The Morgan fingerprint density at radius 2 is 0.960 bits per heavy atom. The molecule has 2 heterocycles. The van der Waals surface area contributed by atoms with Crippen LogP contribution in [-0.4, -0.2) is 9.13 Å². The van der Waals surface area contributed by atoms with Crippen LogP contribution < -0.4 is 0 Å². The molecule has 0 fully saturated rings. The van der Waals surface area contributed by atoms with Gasteiger partial charge in [0.05, 0.1) is 57.2 Å². The maximum Gasteiger partial charge on any atom is 0.188 e. The normalized spacial score (nSPS) is 11.1. The summed E-state index contributed by atoms with van der Waals surface area (Å²) in [5, 5.41) is 24.7. The van der Waals surface area contributed by atoms with Gasteiger partial charge in [0.1, 0.15) is 6.07 Å². The van der Waals surface area contributed by atoms with Gasteiger partial charge in [-0.25, -0.2) is 4.85 Å². The predicted molar refractivity (Wildman–Crippen MR) is 202 cm³/mol. The summed E-state index contributed by atoms with van der Waals surface area (Å²) >= 11 is 0. The number of aromatic nitrogens is 2. The number of para-hydroxylation sites is 3. The summed E-state index contributed by atoms with van der Waals surface area (Å²) in [5.74, 6) is 0. The van der Waals surface area contributed by atoms with Crippen LogP contribution in [0, 0.1) is 29.2 Å². The number of nitriles is 2. The molecule has 7 aromatic carbocycles. The van der Waals surface area contributed by atoms with E-state index in [1.165, 1.54) is 0 Å². The van der Waals surface area contributed by atoms with Crippen LogP contribution in [0.1, 0.15) is 11.1 Å². The van der Waals surface area contributed by atoms with Crippen molar-refractivity contribution in [1.29, 1.82) is 10.5 Å². The number of hydrogen-bond donors (Lipinski definition) is 0. The average molecular weight is 636 g/mol. The maximum atomic E-state index is 10.9. The van der Waals surface area contributed by atoms with E-state index in [1.807, 2.05) is 91.0 Å². The van der Waals surface area contributed by atoms with Crippen LogP contribution in [0.5, 0.6) is 0 Å². The third kappa shape index (κ3) is 4.24. The Balaban J connectivity index is 1.30. The average Bonchev–Trinajstić information content (AvgIpc) is 3.69. The lowest BCUT2D eigenvalue weighted by Gasteiger charge is -2.19. The van der Waals surface area contributed by atoms with E-state index in [2.05, 4.69) is 86.8 Å². The summed E-state index contributed by atoms with van der Waals surface area (Å²) < 4.78 is 4.42. The lowest BCUT2D eigenvalue weighted by molar-refractivity contribution is 1.17. The van der Waals surface area contributed by atoms with Crippen molar-refractivity contribution in [3.8, 4) is 45.8 Å². The molecule has 2 aromatic heterocycles. The van der Waals surface area contributed by atoms with Crippen molar-refractivity contribution in [2.24, 2.45) is 0 Å². The molecule has 0 saturated carbocycles. The molecule has 0 amide bonds. The van der Waals surface area contributed by atoms with E-state index < -0.39 is 0 Å². The van der Waals surface area contributed by atoms with Crippen LogP contribution in [-0.2, 0) is 0 Å². The zero-order chi connectivity index (χ0) is 33.8. The van der Waals surface area contributed by atoms with Gasteiger partial charge >= 0.3 is 0 Å². The van der Waals surface area contributed by atoms with Crippen molar-refractivity contribution >= 4 is 49.3 Å². The molecule has 0 atom stereocenters. The minimum Gasteiger partial charge on any atom is -0.309 e. The van der Waals surface area contributed by atoms with Gasteiger partial charge in [0.15, 0.2) is 5.69 Å². The Morgan fingerprint density at radius 1 is 0.440 bits per heavy atom. The predicted octanol–water partition coefficient (Wildman–Crippen LogP) is 11.5. The first kappa shape index (κ1) is 28.8. The molecule has 0 aliphatic heterocycles. The summed E-state index contributed by atoms with van der Waals surface area (Å²) in [6, 6.07) is 55.6. The molecule has 9 rings (SSSR count). The van der Waals surface area contributed by atoms with Gasteiger partial charge in [-0.3, -0.25) is 0 Å². The zero-order valence-electron chi connectivity index (χ0n) is 26.7. The smallest absolute Gasteiger partial charge is 0.188 e. The highest BCUT2D eigenvalue weighted by Crippen LogP contribution is 2.42. The van der Waals surface area contributed by atoms with Crippen molar-refractivity contribution in [3.05, 3.63) is 174 Å². The molecule has 0 N–H and O–H groups in total. The van der Waals surface area contributed by atoms with Crippen LogP contribution in [0.25, 0.3) is 82.1 Å². The fourth-order valence-corrected chi connectivity index (χ4v) is 7.51. The highest BCUT2D eigenvalue weighted by molar-refractivity contribution is 6.12. The summed E-state index contributed by atoms with van der Waals surface area (Å²) in [5.41, 5.74) is 11.3. The molecule has 5 nitrogen and oxygen atoms in total. The molecule has 0 spiro atoms. The Labute approximate surface area is 288 Å². The topological polar surface area (TPSA) is 61.8 Å². The second-order valence-electron chi connectivity index (χ2n) is 12.2. The summed E-state index contributed by atoms with van der Waals surface area (Å²) in [6.07, 6.45) is 0. The quantitative estimate of drug-likeness (QED) is 0.181. The molecular weight excluding hydrogens is 611 g/mol. The van der Waals surface area contributed by atoms with Gasteiger partial charge in [-0.2, -0.15) is 10.5 Å². The second-order valence-corrected chi connectivity index (χ2v) is 12.2. The van der Waals surface area contributed by atoms with E-state index in [-0.39, 0.29) is 0 Å². The SMILES string of the molecule is [C-]#[N+]c1ccc2c(c1)c1ccccc1n2-c1ccccc1-c1ccccc1-c1cccc(-n2c3ccccc3c3cc(C#N)ccc32)c1C#N. The minimum absolute atomic E-state index is 0.563. The first-order chi connectivity index (χ1) is 24.7. The highest BCUT2D eigenvalue weighted by Gasteiger charge is 2.21. The fraction of sp³-hybridized carbons (Fsp3) is 0. The van der Waals surface area contributed by atoms with Gasteiger partial charge in [0.2, 0.25) is 0 Å². The fourth-order valence-electron chi connectivity index (χ4n) is 7.51. The van der Waals surface area contributed by atoms with Crippen LogP contribution in [0.2, 0.25) is 0 Å². The lowest BCUT2D eigenvalue weighted by Crippen LogP contribution is -2.01. The van der Waals surface area contributed by atoms with Crippen molar-refractivity contribution in [3.63, 3.8) is 0 Å². The van der Waals surface area contributed by atoms with Gasteiger partial charge in [-0.05, 0) is 71.1 Å². The van der Waals surface area contributed by atoms with Crippen molar-refractivity contribution in [2.75, 3.05) is 0 Å². The Kier molecular flexibility index (Phi) is 6.56.